The maximum Gasteiger partial charge on any atom is 0.223 e. The van der Waals surface area contributed by atoms with Crippen LogP contribution in [0.25, 0.3) is 0 Å². The van der Waals surface area contributed by atoms with Crippen molar-refractivity contribution >= 4 is 5.91 Å². The molecule has 1 amide bonds. The summed E-state index contributed by atoms with van der Waals surface area (Å²) in [6.07, 6.45) is 1.54. The Hall–Kier alpha value is -1.35. The lowest BCUT2D eigenvalue weighted by atomic mass is 10.0. The van der Waals surface area contributed by atoms with Crippen LogP contribution < -0.4 is 10.6 Å². The van der Waals surface area contributed by atoms with E-state index in [-0.39, 0.29) is 12.1 Å². The highest BCUT2D eigenvalue weighted by atomic mass is 16.2. The van der Waals surface area contributed by atoms with Gasteiger partial charge in [0.1, 0.15) is 6.17 Å². The molecule has 2 N–H and O–H groups in total. The summed E-state index contributed by atoms with van der Waals surface area (Å²) in [5.74, 6) is 0.134. The number of hydrogen-bond donors (Lipinski definition) is 2. The van der Waals surface area contributed by atoms with E-state index in [1.807, 2.05) is 30.3 Å². The number of benzene rings is 1. The molecule has 80 valence electrons. The van der Waals surface area contributed by atoms with E-state index >= 15 is 0 Å². The van der Waals surface area contributed by atoms with Crippen molar-refractivity contribution in [2.45, 2.75) is 32.0 Å². The maximum atomic E-state index is 11.5. The third-order valence-electron chi connectivity index (χ3n) is 2.77. The smallest absolute Gasteiger partial charge is 0.223 e. The number of amides is 1. The van der Waals surface area contributed by atoms with E-state index in [1.165, 1.54) is 0 Å². The van der Waals surface area contributed by atoms with Gasteiger partial charge in [0.15, 0.2) is 0 Å². The van der Waals surface area contributed by atoms with Gasteiger partial charge < -0.3 is 5.32 Å². The maximum absolute atomic E-state index is 11.5. The SMILES string of the molecule is CCC1CC(=O)NC(c2ccccc2)N1. The second kappa shape index (κ2) is 4.45. The molecule has 0 bridgehead atoms. The molecule has 0 aromatic heterocycles. The van der Waals surface area contributed by atoms with Crippen molar-refractivity contribution < 1.29 is 4.79 Å². The number of hydrogen-bond acceptors (Lipinski definition) is 2. The Kier molecular flexibility index (Phi) is 3.02. The van der Waals surface area contributed by atoms with Gasteiger partial charge in [-0.2, -0.15) is 0 Å². The van der Waals surface area contributed by atoms with E-state index in [0.29, 0.717) is 12.5 Å². The van der Waals surface area contributed by atoms with Crippen molar-refractivity contribution in [3.63, 3.8) is 0 Å². The van der Waals surface area contributed by atoms with Crippen LogP contribution in [0.4, 0.5) is 0 Å². The minimum atomic E-state index is -0.0302. The lowest BCUT2D eigenvalue weighted by Gasteiger charge is -2.31. The Morgan fingerprint density at radius 2 is 2.07 bits per heavy atom. The van der Waals surface area contributed by atoms with Gasteiger partial charge in [-0.3, -0.25) is 10.1 Å². The summed E-state index contributed by atoms with van der Waals surface area (Å²) in [5, 5.41) is 6.36. The van der Waals surface area contributed by atoms with Gasteiger partial charge in [-0.05, 0) is 12.0 Å². The number of nitrogens with one attached hydrogen (secondary N) is 2. The van der Waals surface area contributed by atoms with Crippen LogP contribution in [0.1, 0.15) is 31.5 Å². The Bertz CT molecular complexity index is 337. The van der Waals surface area contributed by atoms with Crippen LogP contribution in [-0.2, 0) is 4.79 Å². The Labute approximate surface area is 89.9 Å². The summed E-state index contributed by atoms with van der Waals surface area (Å²) in [4.78, 5) is 11.5. The molecule has 1 heterocycles. The van der Waals surface area contributed by atoms with E-state index in [1.54, 1.807) is 0 Å². The first-order valence-corrected chi connectivity index (χ1v) is 5.40. The largest absolute Gasteiger partial charge is 0.337 e. The average molecular weight is 204 g/mol. The molecule has 3 heteroatoms. The van der Waals surface area contributed by atoms with E-state index in [4.69, 9.17) is 0 Å². The molecule has 0 spiro atoms. The normalized spacial score (nSPS) is 26.1. The summed E-state index contributed by atoms with van der Waals surface area (Å²) in [6.45, 7) is 2.10. The molecule has 0 saturated carbocycles. The topological polar surface area (TPSA) is 41.1 Å². The predicted molar refractivity (Wildman–Crippen MR) is 59.2 cm³/mol. The molecule has 1 aliphatic rings. The van der Waals surface area contributed by atoms with Crippen LogP contribution in [0.2, 0.25) is 0 Å². The molecule has 0 radical (unpaired) electrons. The second-order valence-corrected chi connectivity index (χ2v) is 3.89. The van der Waals surface area contributed by atoms with Crippen LogP contribution in [0.5, 0.6) is 0 Å². The average Bonchev–Trinajstić information content (AvgIpc) is 2.29. The predicted octanol–water partition coefficient (Wildman–Crippen LogP) is 1.57. The molecule has 0 aliphatic carbocycles. The van der Waals surface area contributed by atoms with Gasteiger partial charge in [0.05, 0.1) is 0 Å². The number of rotatable bonds is 2. The highest BCUT2D eigenvalue weighted by Gasteiger charge is 2.24. The first-order valence-electron chi connectivity index (χ1n) is 5.40. The lowest BCUT2D eigenvalue weighted by Crippen LogP contribution is -2.50. The molecule has 1 aromatic carbocycles. The Morgan fingerprint density at radius 1 is 1.33 bits per heavy atom. The van der Waals surface area contributed by atoms with E-state index in [0.717, 1.165) is 12.0 Å². The van der Waals surface area contributed by atoms with Crippen molar-refractivity contribution in [1.29, 1.82) is 0 Å². The minimum absolute atomic E-state index is 0.0302. The van der Waals surface area contributed by atoms with Crippen molar-refractivity contribution in [3.8, 4) is 0 Å². The molecule has 1 fully saturated rings. The molecule has 15 heavy (non-hydrogen) atoms. The van der Waals surface area contributed by atoms with Gasteiger partial charge in [-0.1, -0.05) is 37.3 Å². The molecule has 1 saturated heterocycles. The fourth-order valence-corrected chi connectivity index (χ4v) is 1.87. The molecular weight excluding hydrogens is 188 g/mol. The molecule has 2 atom stereocenters. The summed E-state index contributed by atoms with van der Waals surface area (Å²) in [5.41, 5.74) is 1.11. The van der Waals surface area contributed by atoms with E-state index in [2.05, 4.69) is 17.6 Å². The molecular formula is C12H16N2O. The monoisotopic (exact) mass is 204 g/mol. The number of carbonyl (C=O) groups excluding carboxylic acids is 1. The first kappa shape index (κ1) is 10.2. The van der Waals surface area contributed by atoms with Crippen LogP contribution in [-0.4, -0.2) is 11.9 Å². The fourth-order valence-electron chi connectivity index (χ4n) is 1.87. The van der Waals surface area contributed by atoms with Crippen molar-refractivity contribution in [1.82, 2.24) is 10.6 Å². The fraction of sp³-hybridized carbons (Fsp3) is 0.417. The summed E-state index contributed by atoms with van der Waals surface area (Å²) >= 11 is 0. The third kappa shape index (κ3) is 2.36. The summed E-state index contributed by atoms with van der Waals surface area (Å²) < 4.78 is 0. The van der Waals surface area contributed by atoms with Crippen LogP contribution in [0.15, 0.2) is 30.3 Å². The number of carbonyl (C=O) groups is 1. The van der Waals surface area contributed by atoms with E-state index in [9.17, 15) is 4.79 Å². The van der Waals surface area contributed by atoms with Gasteiger partial charge in [0.2, 0.25) is 5.91 Å². The van der Waals surface area contributed by atoms with E-state index < -0.39 is 0 Å². The summed E-state index contributed by atoms with van der Waals surface area (Å²) in [7, 11) is 0. The van der Waals surface area contributed by atoms with Crippen LogP contribution in [0, 0.1) is 0 Å². The molecule has 1 aliphatic heterocycles. The Balaban J connectivity index is 2.12. The van der Waals surface area contributed by atoms with Gasteiger partial charge in [-0.15, -0.1) is 0 Å². The highest BCUT2D eigenvalue weighted by molar-refractivity contribution is 5.77. The zero-order chi connectivity index (χ0) is 10.7. The summed E-state index contributed by atoms with van der Waals surface area (Å²) in [6, 6.07) is 10.3. The second-order valence-electron chi connectivity index (χ2n) is 3.89. The quantitative estimate of drug-likeness (QED) is 0.767. The van der Waals surface area contributed by atoms with Gasteiger partial charge in [-0.25, -0.2) is 0 Å². The molecule has 1 aromatic rings. The standard InChI is InChI=1S/C12H16N2O/c1-2-10-8-11(15)14-12(13-10)9-6-4-3-5-7-9/h3-7,10,12-13H,2,8H2,1H3,(H,14,15). The lowest BCUT2D eigenvalue weighted by molar-refractivity contribution is -0.124. The molecule has 2 unspecified atom stereocenters. The van der Waals surface area contributed by atoms with Crippen molar-refractivity contribution in [2.75, 3.05) is 0 Å². The molecule has 3 nitrogen and oxygen atoms in total. The zero-order valence-corrected chi connectivity index (χ0v) is 8.86. The van der Waals surface area contributed by atoms with Crippen LogP contribution >= 0.6 is 0 Å². The van der Waals surface area contributed by atoms with Gasteiger partial charge in [0.25, 0.3) is 0 Å². The van der Waals surface area contributed by atoms with Crippen molar-refractivity contribution in [3.05, 3.63) is 35.9 Å². The van der Waals surface area contributed by atoms with Crippen LogP contribution in [0.3, 0.4) is 0 Å². The van der Waals surface area contributed by atoms with Gasteiger partial charge >= 0.3 is 0 Å². The highest BCUT2D eigenvalue weighted by Crippen LogP contribution is 2.16. The zero-order valence-electron chi connectivity index (χ0n) is 8.86. The Morgan fingerprint density at radius 3 is 2.73 bits per heavy atom. The van der Waals surface area contributed by atoms with Crippen molar-refractivity contribution in [2.24, 2.45) is 0 Å². The van der Waals surface area contributed by atoms with Gasteiger partial charge in [0, 0.05) is 12.5 Å². The molecule has 2 rings (SSSR count). The minimum Gasteiger partial charge on any atom is -0.337 e. The third-order valence-corrected chi connectivity index (χ3v) is 2.77. The first-order chi connectivity index (χ1) is 7.29.